The van der Waals surface area contributed by atoms with Crippen molar-refractivity contribution < 1.29 is 19.4 Å². The van der Waals surface area contributed by atoms with E-state index in [2.05, 4.69) is 17.4 Å². The molecule has 0 aliphatic rings. The molecule has 1 amide bonds. The molecule has 3 aromatic rings. The van der Waals surface area contributed by atoms with Crippen molar-refractivity contribution in [3.05, 3.63) is 95.6 Å². The third-order valence-corrected chi connectivity index (χ3v) is 4.55. The number of benzene rings is 3. The van der Waals surface area contributed by atoms with E-state index in [0.717, 1.165) is 11.1 Å². The van der Waals surface area contributed by atoms with Crippen molar-refractivity contribution in [1.29, 1.82) is 0 Å². The molecule has 2 atom stereocenters. The first-order chi connectivity index (χ1) is 14.5. The first-order valence-corrected chi connectivity index (χ1v) is 9.93. The van der Waals surface area contributed by atoms with Gasteiger partial charge in [0, 0.05) is 12.6 Å². The summed E-state index contributed by atoms with van der Waals surface area (Å²) in [5, 5.41) is 13.1. The lowest BCUT2D eigenvalue weighted by Gasteiger charge is -2.21. The molecule has 0 saturated carbocycles. The zero-order valence-corrected chi connectivity index (χ0v) is 17.2. The van der Waals surface area contributed by atoms with E-state index in [0.29, 0.717) is 11.4 Å². The molecule has 0 saturated heterocycles. The maximum Gasteiger partial charge on any atom is 0.221 e. The molecule has 0 fully saturated rings. The molecular weight excluding hydrogens is 378 g/mol. The van der Waals surface area contributed by atoms with Crippen LogP contribution in [0.15, 0.2) is 78.9 Å². The molecule has 3 rings (SSSR count). The maximum absolute atomic E-state index is 11.1. The number of rotatable bonds is 9. The van der Waals surface area contributed by atoms with Crippen LogP contribution in [0.1, 0.15) is 29.7 Å². The van der Waals surface area contributed by atoms with Crippen molar-refractivity contribution in [3.63, 3.8) is 0 Å². The van der Waals surface area contributed by atoms with E-state index in [1.54, 1.807) is 24.3 Å². The van der Waals surface area contributed by atoms with Crippen LogP contribution in [0.5, 0.6) is 5.75 Å². The fourth-order valence-electron chi connectivity index (χ4n) is 3.04. The summed E-state index contributed by atoms with van der Waals surface area (Å²) >= 11 is 0. The predicted molar refractivity (Wildman–Crippen MR) is 118 cm³/mol. The van der Waals surface area contributed by atoms with Crippen LogP contribution in [0.4, 0.5) is 5.69 Å². The minimum atomic E-state index is -0.781. The molecule has 0 bridgehead atoms. The molecular formula is C25H27NO4. The van der Waals surface area contributed by atoms with Gasteiger partial charge in [-0.2, -0.15) is 0 Å². The summed E-state index contributed by atoms with van der Waals surface area (Å²) in [5.74, 6) is 0.485. The molecule has 5 nitrogen and oxygen atoms in total. The fraction of sp³-hybridized carbons (Fsp3) is 0.240. The second kappa shape index (κ2) is 10.6. The zero-order valence-electron chi connectivity index (χ0n) is 17.2. The monoisotopic (exact) mass is 405 g/mol. The largest absolute Gasteiger partial charge is 0.491 e. The van der Waals surface area contributed by atoms with Crippen molar-refractivity contribution in [2.75, 3.05) is 18.5 Å². The number of hydrogen-bond acceptors (Lipinski definition) is 4. The molecule has 2 unspecified atom stereocenters. The highest BCUT2D eigenvalue weighted by molar-refractivity contribution is 5.88. The number of hydrogen-bond donors (Lipinski definition) is 2. The molecule has 0 radical (unpaired) electrons. The van der Waals surface area contributed by atoms with E-state index < -0.39 is 6.10 Å². The highest BCUT2D eigenvalue weighted by Crippen LogP contribution is 2.26. The summed E-state index contributed by atoms with van der Waals surface area (Å²) in [4.78, 5) is 11.1. The van der Waals surface area contributed by atoms with Gasteiger partial charge in [-0.1, -0.05) is 60.2 Å². The SMILES string of the molecule is CC(=O)Nc1ccc(OCC(O)COC(c2ccccc2)c2ccc(C)cc2)cc1. The van der Waals surface area contributed by atoms with Gasteiger partial charge in [-0.25, -0.2) is 0 Å². The second-order valence-corrected chi connectivity index (χ2v) is 7.21. The molecule has 30 heavy (non-hydrogen) atoms. The zero-order chi connectivity index (χ0) is 21.3. The van der Waals surface area contributed by atoms with Crippen LogP contribution in [0.2, 0.25) is 0 Å². The van der Waals surface area contributed by atoms with E-state index in [9.17, 15) is 9.90 Å². The molecule has 156 valence electrons. The van der Waals surface area contributed by atoms with Gasteiger partial charge in [-0.15, -0.1) is 0 Å². The quantitative estimate of drug-likeness (QED) is 0.550. The number of amides is 1. The Labute approximate surface area is 177 Å². The minimum absolute atomic E-state index is 0.106. The number of ether oxygens (including phenoxy) is 2. The lowest BCUT2D eigenvalue weighted by atomic mass is 10.0. The van der Waals surface area contributed by atoms with Crippen LogP contribution < -0.4 is 10.1 Å². The van der Waals surface area contributed by atoms with Gasteiger partial charge in [0.2, 0.25) is 5.91 Å². The number of carbonyl (C=O) groups excluding carboxylic acids is 1. The molecule has 0 aliphatic heterocycles. The first kappa shape index (κ1) is 21.6. The van der Waals surface area contributed by atoms with Crippen LogP contribution in [0.25, 0.3) is 0 Å². The van der Waals surface area contributed by atoms with Gasteiger partial charge in [-0.05, 0) is 42.3 Å². The molecule has 5 heteroatoms. The average molecular weight is 405 g/mol. The maximum atomic E-state index is 11.1. The Bertz CT molecular complexity index is 924. The van der Waals surface area contributed by atoms with Crippen LogP contribution in [-0.4, -0.2) is 30.3 Å². The van der Waals surface area contributed by atoms with Crippen molar-refractivity contribution >= 4 is 11.6 Å². The lowest BCUT2D eigenvalue weighted by Crippen LogP contribution is -2.25. The van der Waals surface area contributed by atoms with Gasteiger partial charge in [-0.3, -0.25) is 4.79 Å². The first-order valence-electron chi connectivity index (χ1n) is 9.93. The van der Waals surface area contributed by atoms with E-state index in [-0.39, 0.29) is 25.2 Å². The Hall–Kier alpha value is -3.15. The van der Waals surface area contributed by atoms with Gasteiger partial charge < -0.3 is 19.9 Å². The van der Waals surface area contributed by atoms with Crippen molar-refractivity contribution in [2.45, 2.75) is 26.1 Å². The summed E-state index contributed by atoms with van der Waals surface area (Å²) in [6, 6.07) is 25.2. The van der Waals surface area contributed by atoms with Crippen LogP contribution in [0.3, 0.4) is 0 Å². The van der Waals surface area contributed by atoms with E-state index in [1.165, 1.54) is 12.5 Å². The standard InChI is InChI=1S/C25H27NO4/c1-18-8-10-21(11-9-18)25(20-6-4-3-5-7-20)30-17-23(28)16-29-24-14-12-22(13-15-24)26-19(2)27/h3-15,23,25,28H,16-17H2,1-2H3,(H,26,27). The highest BCUT2D eigenvalue weighted by atomic mass is 16.5. The molecule has 0 spiro atoms. The highest BCUT2D eigenvalue weighted by Gasteiger charge is 2.17. The average Bonchev–Trinajstić information content (AvgIpc) is 2.75. The second-order valence-electron chi connectivity index (χ2n) is 7.21. The Morgan fingerprint density at radius 2 is 1.53 bits per heavy atom. The number of anilines is 1. The molecule has 3 aromatic carbocycles. The van der Waals surface area contributed by atoms with Crippen molar-refractivity contribution in [1.82, 2.24) is 0 Å². The van der Waals surface area contributed by atoms with Crippen LogP contribution >= 0.6 is 0 Å². The number of aryl methyl sites for hydroxylation is 1. The predicted octanol–water partition coefficient (Wildman–Crippen LogP) is 4.50. The van der Waals surface area contributed by atoms with Gasteiger partial charge >= 0.3 is 0 Å². The molecule has 2 N–H and O–H groups in total. The lowest BCUT2D eigenvalue weighted by molar-refractivity contribution is -0.114. The Morgan fingerprint density at radius 1 is 0.900 bits per heavy atom. The van der Waals surface area contributed by atoms with Crippen molar-refractivity contribution in [2.24, 2.45) is 0 Å². The number of carbonyl (C=O) groups is 1. The summed E-state index contributed by atoms with van der Waals surface area (Å²) in [6.45, 7) is 3.75. The van der Waals surface area contributed by atoms with Gasteiger partial charge in [0.25, 0.3) is 0 Å². The summed E-state index contributed by atoms with van der Waals surface area (Å²) in [6.07, 6.45) is -1.05. The van der Waals surface area contributed by atoms with Crippen molar-refractivity contribution in [3.8, 4) is 5.75 Å². The topological polar surface area (TPSA) is 67.8 Å². The molecule has 0 heterocycles. The van der Waals surface area contributed by atoms with E-state index in [1.807, 2.05) is 49.4 Å². The Morgan fingerprint density at radius 3 is 2.17 bits per heavy atom. The smallest absolute Gasteiger partial charge is 0.221 e. The normalized spacial score (nSPS) is 12.8. The molecule has 0 aromatic heterocycles. The van der Waals surface area contributed by atoms with Crippen LogP contribution in [-0.2, 0) is 9.53 Å². The summed E-state index contributed by atoms with van der Waals surface area (Å²) in [5.41, 5.74) is 3.95. The fourth-order valence-corrected chi connectivity index (χ4v) is 3.04. The van der Waals surface area contributed by atoms with E-state index >= 15 is 0 Å². The van der Waals surface area contributed by atoms with Gasteiger partial charge in [0.15, 0.2) is 0 Å². The Kier molecular flexibility index (Phi) is 7.60. The summed E-state index contributed by atoms with van der Waals surface area (Å²) < 4.78 is 11.7. The third-order valence-electron chi connectivity index (χ3n) is 4.55. The minimum Gasteiger partial charge on any atom is -0.491 e. The van der Waals surface area contributed by atoms with E-state index in [4.69, 9.17) is 9.47 Å². The van der Waals surface area contributed by atoms with Gasteiger partial charge in [0.05, 0.1) is 6.61 Å². The third kappa shape index (κ3) is 6.44. The number of aliphatic hydroxyl groups excluding tert-OH is 1. The summed E-state index contributed by atoms with van der Waals surface area (Å²) in [7, 11) is 0. The number of nitrogens with one attached hydrogen (secondary N) is 1. The molecule has 0 aliphatic carbocycles. The van der Waals surface area contributed by atoms with Gasteiger partial charge in [0.1, 0.15) is 24.6 Å². The number of aliphatic hydroxyl groups is 1. The van der Waals surface area contributed by atoms with Crippen LogP contribution in [0, 0.1) is 6.92 Å². The Balaban J connectivity index is 1.57.